The topological polar surface area (TPSA) is 105 Å². The third kappa shape index (κ3) is 8.46. The van der Waals surface area contributed by atoms with Gasteiger partial charge in [-0.05, 0) is 12.8 Å². The minimum Gasteiger partial charge on any atom is -0.462 e. The Morgan fingerprint density at radius 1 is 1.18 bits per heavy atom. The van der Waals surface area contributed by atoms with Gasteiger partial charge in [0.15, 0.2) is 8.38 Å². The molecule has 1 fully saturated rings. The van der Waals surface area contributed by atoms with Crippen molar-refractivity contribution < 1.29 is 33.2 Å². The van der Waals surface area contributed by atoms with Crippen molar-refractivity contribution in [2.24, 2.45) is 5.92 Å². The number of amides is 1. The van der Waals surface area contributed by atoms with E-state index in [0.29, 0.717) is 0 Å². The molecule has 0 spiro atoms. The molecule has 0 unspecified atom stereocenters. The number of alkyl halides is 1. The number of ether oxygens (including phenoxy) is 2. The van der Waals surface area contributed by atoms with Crippen molar-refractivity contribution in [2.45, 2.75) is 38.3 Å². The lowest BCUT2D eigenvalue weighted by Gasteiger charge is -2.19. The molecule has 0 saturated heterocycles. The number of carbonyl (C=O) groups excluding carboxylic acids is 2. The van der Waals surface area contributed by atoms with Gasteiger partial charge in [0, 0.05) is 0 Å². The molecule has 3 N–H and O–H groups in total. The van der Waals surface area contributed by atoms with Crippen molar-refractivity contribution in [3.63, 3.8) is 0 Å². The molecule has 7 nitrogen and oxygen atoms in total. The average Bonchev–Trinajstić information content (AvgIpc) is 2.49. The lowest BCUT2D eigenvalue weighted by Crippen LogP contribution is -2.32. The molecular formula is C13H23FNO6P. The molecule has 1 aliphatic rings. The SMILES string of the molecule is O=C(NC[C@H](F)CP(O)O)OCCOC(=O)C1CCCCC1. The quantitative estimate of drug-likeness (QED) is 0.351. The van der Waals surface area contributed by atoms with Gasteiger partial charge in [-0.2, -0.15) is 0 Å². The maximum atomic E-state index is 13.1. The Bertz CT molecular complexity index is 351. The van der Waals surface area contributed by atoms with Crippen molar-refractivity contribution in [3.8, 4) is 0 Å². The lowest BCUT2D eigenvalue weighted by atomic mass is 9.89. The third-order valence-electron chi connectivity index (χ3n) is 3.33. The molecule has 0 aromatic carbocycles. The van der Waals surface area contributed by atoms with Gasteiger partial charge in [0.25, 0.3) is 0 Å². The Hall–Kier alpha value is -0.980. The van der Waals surface area contributed by atoms with Crippen LogP contribution in [0.1, 0.15) is 32.1 Å². The molecule has 0 aliphatic heterocycles. The Kier molecular flexibility index (Phi) is 9.27. The van der Waals surface area contributed by atoms with Crippen LogP contribution in [0.4, 0.5) is 9.18 Å². The highest BCUT2D eigenvalue weighted by molar-refractivity contribution is 7.45. The van der Waals surface area contributed by atoms with Crippen LogP contribution in [0.25, 0.3) is 0 Å². The maximum Gasteiger partial charge on any atom is 0.407 e. The normalized spacial score (nSPS) is 17.1. The van der Waals surface area contributed by atoms with Crippen molar-refractivity contribution in [1.82, 2.24) is 5.32 Å². The second kappa shape index (κ2) is 10.7. The second-order valence-corrected chi connectivity index (χ2v) is 6.28. The molecule has 0 aromatic rings. The zero-order valence-corrected chi connectivity index (χ0v) is 13.3. The van der Waals surface area contributed by atoms with E-state index in [1.165, 1.54) is 0 Å². The summed E-state index contributed by atoms with van der Waals surface area (Å²) in [5.41, 5.74) is 0. The van der Waals surface area contributed by atoms with Crippen LogP contribution in [0.15, 0.2) is 0 Å². The molecule has 0 radical (unpaired) electrons. The summed E-state index contributed by atoms with van der Waals surface area (Å²) in [6.45, 7) is -0.491. The number of carbonyl (C=O) groups is 2. The minimum absolute atomic E-state index is 0.0274. The van der Waals surface area contributed by atoms with Crippen LogP contribution < -0.4 is 5.32 Å². The van der Waals surface area contributed by atoms with Crippen LogP contribution in [0.2, 0.25) is 0 Å². The molecule has 0 heterocycles. The van der Waals surface area contributed by atoms with Crippen LogP contribution in [0.3, 0.4) is 0 Å². The molecule has 1 rings (SSSR count). The van der Waals surface area contributed by atoms with Crippen LogP contribution in [0.5, 0.6) is 0 Å². The van der Waals surface area contributed by atoms with Crippen molar-refractivity contribution in [3.05, 3.63) is 0 Å². The van der Waals surface area contributed by atoms with E-state index in [1.807, 2.05) is 0 Å². The molecular weight excluding hydrogens is 316 g/mol. The number of esters is 1. The summed E-state index contributed by atoms with van der Waals surface area (Å²) >= 11 is 0. The van der Waals surface area contributed by atoms with Gasteiger partial charge in [-0.25, -0.2) is 9.18 Å². The predicted molar refractivity (Wildman–Crippen MR) is 78.0 cm³/mol. The van der Waals surface area contributed by atoms with E-state index >= 15 is 0 Å². The number of nitrogens with one attached hydrogen (secondary N) is 1. The first-order valence-corrected chi connectivity index (χ1v) is 8.79. The summed E-state index contributed by atoms with van der Waals surface area (Å²) in [4.78, 5) is 40.1. The summed E-state index contributed by atoms with van der Waals surface area (Å²) in [6.07, 6.45) is 2.10. The van der Waals surface area contributed by atoms with Gasteiger partial charge in [0.2, 0.25) is 0 Å². The van der Waals surface area contributed by atoms with Gasteiger partial charge in [0.05, 0.1) is 18.6 Å². The Morgan fingerprint density at radius 3 is 2.45 bits per heavy atom. The minimum atomic E-state index is -2.32. The lowest BCUT2D eigenvalue weighted by molar-refractivity contribution is -0.150. The zero-order valence-electron chi connectivity index (χ0n) is 12.4. The van der Waals surface area contributed by atoms with E-state index < -0.39 is 26.8 Å². The van der Waals surface area contributed by atoms with Gasteiger partial charge >= 0.3 is 12.1 Å². The van der Waals surface area contributed by atoms with Crippen LogP contribution >= 0.6 is 8.38 Å². The van der Waals surface area contributed by atoms with E-state index in [2.05, 4.69) is 5.32 Å². The Labute approximate surface area is 130 Å². The fourth-order valence-corrected chi connectivity index (χ4v) is 2.70. The molecule has 1 saturated carbocycles. The predicted octanol–water partition coefficient (Wildman–Crippen LogP) is 1.47. The monoisotopic (exact) mass is 339 g/mol. The van der Waals surface area contributed by atoms with Gasteiger partial charge in [0.1, 0.15) is 19.4 Å². The molecule has 22 heavy (non-hydrogen) atoms. The molecule has 0 aromatic heterocycles. The first-order chi connectivity index (χ1) is 10.5. The van der Waals surface area contributed by atoms with Crippen molar-refractivity contribution in [1.29, 1.82) is 0 Å². The van der Waals surface area contributed by atoms with E-state index in [1.54, 1.807) is 0 Å². The summed E-state index contributed by atoms with van der Waals surface area (Å²) in [5.74, 6) is -0.312. The Balaban J connectivity index is 2.03. The van der Waals surface area contributed by atoms with Crippen LogP contribution in [0, 0.1) is 5.92 Å². The van der Waals surface area contributed by atoms with Crippen LogP contribution in [-0.2, 0) is 14.3 Å². The highest BCUT2D eigenvalue weighted by Crippen LogP contribution is 2.25. The summed E-state index contributed by atoms with van der Waals surface area (Å²) < 4.78 is 22.8. The first-order valence-electron chi connectivity index (χ1n) is 7.35. The fraction of sp³-hybridized carbons (Fsp3) is 0.846. The first kappa shape index (κ1) is 19.1. The number of hydrogen-bond donors (Lipinski definition) is 3. The average molecular weight is 339 g/mol. The van der Waals surface area contributed by atoms with Crippen molar-refractivity contribution in [2.75, 3.05) is 25.9 Å². The van der Waals surface area contributed by atoms with Gasteiger partial charge in [-0.15, -0.1) is 0 Å². The third-order valence-corrected chi connectivity index (χ3v) is 4.05. The van der Waals surface area contributed by atoms with E-state index in [-0.39, 0.29) is 31.6 Å². The smallest absolute Gasteiger partial charge is 0.407 e. The molecule has 128 valence electrons. The molecule has 9 heteroatoms. The number of alkyl carbamates (subject to hydrolysis) is 1. The van der Waals surface area contributed by atoms with Crippen LogP contribution in [-0.4, -0.2) is 53.9 Å². The highest BCUT2D eigenvalue weighted by Gasteiger charge is 2.22. The van der Waals surface area contributed by atoms with E-state index in [0.717, 1.165) is 32.1 Å². The fourth-order valence-electron chi connectivity index (χ4n) is 2.22. The number of halogens is 1. The van der Waals surface area contributed by atoms with Gasteiger partial charge in [-0.1, -0.05) is 19.3 Å². The molecule has 1 atom stereocenters. The van der Waals surface area contributed by atoms with Crippen molar-refractivity contribution >= 4 is 20.4 Å². The number of rotatable bonds is 8. The molecule has 1 aliphatic carbocycles. The molecule has 1 amide bonds. The van der Waals surface area contributed by atoms with E-state index in [4.69, 9.17) is 19.3 Å². The summed E-state index contributed by atoms with van der Waals surface area (Å²) in [7, 11) is -2.32. The maximum absolute atomic E-state index is 13.1. The van der Waals surface area contributed by atoms with Gasteiger partial charge < -0.3 is 24.6 Å². The standard InChI is InChI=1S/C13H23FNO6P/c14-11(9-22(18)19)8-15-13(17)21-7-6-20-12(16)10-4-2-1-3-5-10/h10-11,18-19H,1-9H2,(H,15,17)/t11-/m0/s1. The number of hydrogen-bond acceptors (Lipinski definition) is 6. The van der Waals surface area contributed by atoms with Gasteiger partial charge in [-0.3, -0.25) is 4.79 Å². The summed E-state index contributed by atoms with van der Waals surface area (Å²) in [5, 5.41) is 2.15. The summed E-state index contributed by atoms with van der Waals surface area (Å²) in [6, 6.07) is 0. The Morgan fingerprint density at radius 2 is 1.82 bits per heavy atom. The highest BCUT2D eigenvalue weighted by atomic mass is 31.2. The largest absolute Gasteiger partial charge is 0.462 e. The zero-order chi connectivity index (χ0) is 16.4. The molecule has 0 bridgehead atoms. The van der Waals surface area contributed by atoms with E-state index in [9.17, 15) is 14.0 Å². The second-order valence-electron chi connectivity index (χ2n) is 5.17.